The molecule has 6 heteroatoms. The first-order valence-electron chi connectivity index (χ1n) is 12.9. The lowest BCUT2D eigenvalue weighted by molar-refractivity contribution is 0.430. The quantitative estimate of drug-likeness (QED) is 0.191. The van der Waals surface area contributed by atoms with Gasteiger partial charge in [-0.15, -0.1) is 0 Å². The zero-order valence-electron chi connectivity index (χ0n) is 21.0. The molecule has 0 aliphatic carbocycles. The molecule has 3 atom stereocenters. The summed E-state index contributed by atoms with van der Waals surface area (Å²) < 4.78 is 1.16. The molecule has 0 aromatic heterocycles. The van der Waals surface area contributed by atoms with E-state index in [-0.39, 0.29) is 12.1 Å². The van der Waals surface area contributed by atoms with Crippen molar-refractivity contribution in [2.75, 3.05) is 11.9 Å². The molecule has 1 heterocycles. The van der Waals surface area contributed by atoms with Crippen molar-refractivity contribution < 1.29 is 0 Å². The summed E-state index contributed by atoms with van der Waals surface area (Å²) in [6, 6.07) is 29.5. The minimum atomic E-state index is -0.0224. The summed E-state index contributed by atoms with van der Waals surface area (Å²) in [5.41, 5.74) is 3.40. The van der Waals surface area contributed by atoms with Crippen LogP contribution in [0.25, 0.3) is 0 Å². The van der Waals surface area contributed by atoms with Crippen molar-refractivity contribution in [3.8, 4) is 0 Å². The standard InChI is InChI=1S/C30H35IN4S/c1-3-5-13-22(4-2)21-32-29-34-27(23-14-8-6-9-15-23)28(24-16-10-7-11-17-24)35(29)30(36)33-26-19-12-18-25(31)20-26/h6-12,14-20,22,27-28H,3-5,13,21H2,1-2H3,(H,32,34)(H,33,36). The molecule has 3 aromatic rings. The first-order valence-corrected chi connectivity index (χ1v) is 14.4. The number of nitrogens with one attached hydrogen (secondary N) is 2. The third-order valence-electron chi connectivity index (χ3n) is 6.74. The summed E-state index contributed by atoms with van der Waals surface area (Å²) in [5.74, 6) is 1.42. The molecular formula is C30H35IN4S. The van der Waals surface area contributed by atoms with Gasteiger partial charge in [-0.1, -0.05) is 99.8 Å². The van der Waals surface area contributed by atoms with Gasteiger partial charge in [0.1, 0.15) is 0 Å². The molecule has 0 amide bonds. The van der Waals surface area contributed by atoms with Crippen LogP contribution >= 0.6 is 34.8 Å². The molecule has 1 aliphatic heterocycles. The van der Waals surface area contributed by atoms with Gasteiger partial charge >= 0.3 is 0 Å². The van der Waals surface area contributed by atoms with E-state index in [1.165, 1.54) is 30.4 Å². The maximum Gasteiger partial charge on any atom is 0.201 e. The SMILES string of the molecule is CCCCC(CC)CN=C1NC(c2ccccc2)C(c2ccccc2)N1C(=S)Nc1cccc(I)c1. The molecule has 0 saturated carbocycles. The van der Waals surface area contributed by atoms with Crippen LogP contribution in [-0.4, -0.2) is 22.5 Å². The fourth-order valence-corrected chi connectivity index (χ4v) is 5.57. The first kappa shape index (κ1) is 26.6. The lowest BCUT2D eigenvalue weighted by Crippen LogP contribution is -2.40. The second-order valence-electron chi connectivity index (χ2n) is 9.28. The third kappa shape index (κ3) is 6.65. The van der Waals surface area contributed by atoms with Gasteiger partial charge in [-0.2, -0.15) is 0 Å². The van der Waals surface area contributed by atoms with Crippen molar-refractivity contribution in [1.29, 1.82) is 0 Å². The number of hydrogen-bond donors (Lipinski definition) is 2. The number of unbranched alkanes of at least 4 members (excludes halogenated alkanes) is 1. The molecule has 4 nitrogen and oxygen atoms in total. The van der Waals surface area contributed by atoms with E-state index in [9.17, 15) is 0 Å². The molecule has 3 unspecified atom stereocenters. The topological polar surface area (TPSA) is 39.7 Å². The van der Waals surface area contributed by atoms with Crippen molar-refractivity contribution >= 4 is 51.6 Å². The number of hydrogen-bond acceptors (Lipinski definition) is 2. The molecule has 0 bridgehead atoms. The Morgan fingerprint density at radius 1 is 1.00 bits per heavy atom. The summed E-state index contributed by atoms with van der Waals surface area (Å²) in [5, 5.41) is 7.91. The van der Waals surface area contributed by atoms with Crippen LogP contribution in [0.15, 0.2) is 89.9 Å². The molecular weight excluding hydrogens is 575 g/mol. The molecule has 3 aromatic carbocycles. The van der Waals surface area contributed by atoms with Gasteiger partial charge in [-0.25, -0.2) is 0 Å². The largest absolute Gasteiger partial charge is 0.347 e. The Balaban J connectivity index is 1.73. The highest BCUT2D eigenvalue weighted by Gasteiger charge is 2.42. The van der Waals surface area contributed by atoms with Gasteiger partial charge in [0.25, 0.3) is 0 Å². The highest BCUT2D eigenvalue weighted by atomic mass is 127. The van der Waals surface area contributed by atoms with Crippen LogP contribution in [0.2, 0.25) is 0 Å². The molecule has 0 spiro atoms. The normalized spacial score (nSPS) is 19.2. The number of aliphatic imine (C=N–C) groups is 1. The summed E-state index contributed by atoms with van der Waals surface area (Å²) >= 11 is 8.40. The van der Waals surface area contributed by atoms with Gasteiger partial charge in [0.05, 0.1) is 12.1 Å². The Bertz CT molecular complexity index is 1150. The number of benzene rings is 3. The van der Waals surface area contributed by atoms with Crippen LogP contribution in [-0.2, 0) is 0 Å². The van der Waals surface area contributed by atoms with Gasteiger partial charge in [-0.3, -0.25) is 9.89 Å². The Morgan fingerprint density at radius 3 is 2.33 bits per heavy atom. The second kappa shape index (κ2) is 13.2. The highest BCUT2D eigenvalue weighted by Crippen LogP contribution is 2.39. The molecule has 1 fully saturated rings. The fourth-order valence-electron chi connectivity index (χ4n) is 4.71. The van der Waals surface area contributed by atoms with Gasteiger partial charge in [0, 0.05) is 15.8 Å². The number of anilines is 1. The van der Waals surface area contributed by atoms with Gasteiger partial charge in [0.15, 0.2) is 5.11 Å². The van der Waals surface area contributed by atoms with Crippen LogP contribution in [0.5, 0.6) is 0 Å². The van der Waals surface area contributed by atoms with Gasteiger partial charge < -0.3 is 10.6 Å². The van der Waals surface area contributed by atoms with Crippen molar-refractivity contribution in [1.82, 2.24) is 10.2 Å². The van der Waals surface area contributed by atoms with Crippen LogP contribution in [0.4, 0.5) is 5.69 Å². The van der Waals surface area contributed by atoms with E-state index in [0.717, 1.165) is 28.2 Å². The summed E-state index contributed by atoms with van der Waals surface area (Å²) in [6.45, 7) is 5.32. The Kier molecular flexibility index (Phi) is 9.75. The van der Waals surface area contributed by atoms with Crippen molar-refractivity contribution in [3.05, 3.63) is 99.6 Å². The maximum atomic E-state index is 6.07. The Hall–Kier alpha value is -2.45. The lowest BCUT2D eigenvalue weighted by Gasteiger charge is -2.29. The van der Waals surface area contributed by atoms with Crippen molar-refractivity contribution in [2.45, 2.75) is 51.6 Å². The highest BCUT2D eigenvalue weighted by molar-refractivity contribution is 14.1. The van der Waals surface area contributed by atoms with E-state index in [4.69, 9.17) is 17.2 Å². The van der Waals surface area contributed by atoms with E-state index in [0.29, 0.717) is 11.0 Å². The summed E-state index contributed by atoms with van der Waals surface area (Å²) in [7, 11) is 0. The van der Waals surface area contributed by atoms with E-state index >= 15 is 0 Å². The van der Waals surface area contributed by atoms with E-state index < -0.39 is 0 Å². The lowest BCUT2D eigenvalue weighted by atomic mass is 9.94. The van der Waals surface area contributed by atoms with E-state index in [1.807, 2.05) is 6.07 Å². The summed E-state index contributed by atoms with van der Waals surface area (Å²) in [6.07, 6.45) is 4.80. The minimum absolute atomic E-state index is 0.0224. The number of guanidine groups is 1. The zero-order chi connectivity index (χ0) is 25.3. The van der Waals surface area contributed by atoms with Crippen LogP contribution in [0.3, 0.4) is 0 Å². The molecule has 4 rings (SSSR count). The van der Waals surface area contributed by atoms with E-state index in [1.54, 1.807) is 0 Å². The first-order chi connectivity index (χ1) is 17.6. The number of halogens is 1. The van der Waals surface area contributed by atoms with Gasteiger partial charge in [0.2, 0.25) is 5.96 Å². The molecule has 1 aliphatic rings. The molecule has 0 radical (unpaired) electrons. The van der Waals surface area contributed by atoms with Crippen LogP contribution < -0.4 is 10.6 Å². The molecule has 188 valence electrons. The monoisotopic (exact) mass is 610 g/mol. The average molecular weight is 611 g/mol. The zero-order valence-corrected chi connectivity index (χ0v) is 24.0. The van der Waals surface area contributed by atoms with Crippen molar-refractivity contribution in [2.24, 2.45) is 10.9 Å². The summed E-state index contributed by atoms with van der Waals surface area (Å²) in [4.78, 5) is 7.35. The fraction of sp³-hybridized carbons (Fsp3) is 0.333. The van der Waals surface area contributed by atoms with E-state index in [2.05, 4.69) is 131 Å². The smallest absolute Gasteiger partial charge is 0.201 e. The predicted molar refractivity (Wildman–Crippen MR) is 164 cm³/mol. The predicted octanol–water partition coefficient (Wildman–Crippen LogP) is 7.95. The number of thiocarbonyl (C=S) groups is 1. The Labute approximate surface area is 234 Å². The molecule has 36 heavy (non-hydrogen) atoms. The maximum absolute atomic E-state index is 6.07. The average Bonchev–Trinajstić information content (AvgIpc) is 3.29. The second-order valence-corrected chi connectivity index (χ2v) is 10.9. The Morgan fingerprint density at radius 2 is 1.69 bits per heavy atom. The van der Waals surface area contributed by atoms with Crippen molar-refractivity contribution in [3.63, 3.8) is 0 Å². The minimum Gasteiger partial charge on any atom is -0.347 e. The number of nitrogens with zero attached hydrogens (tertiary/aromatic N) is 2. The van der Waals surface area contributed by atoms with Crippen LogP contribution in [0.1, 0.15) is 62.7 Å². The molecule has 1 saturated heterocycles. The number of rotatable bonds is 9. The van der Waals surface area contributed by atoms with Gasteiger partial charge in [-0.05, 0) is 76.5 Å². The van der Waals surface area contributed by atoms with Crippen LogP contribution in [0, 0.1) is 9.49 Å². The molecule has 2 N–H and O–H groups in total. The third-order valence-corrected chi connectivity index (χ3v) is 7.71.